The molecule has 50 heavy (non-hydrogen) atoms. The van der Waals surface area contributed by atoms with E-state index in [2.05, 4.69) is 191 Å². The van der Waals surface area contributed by atoms with Crippen molar-refractivity contribution in [3.05, 3.63) is 185 Å². The van der Waals surface area contributed by atoms with Crippen LogP contribution in [-0.4, -0.2) is 0 Å². The number of aryl methyl sites for hydroxylation is 3. The zero-order chi connectivity index (χ0) is 34.4. The Kier molecular flexibility index (Phi) is 8.42. The van der Waals surface area contributed by atoms with Crippen molar-refractivity contribution in [3.8, 4) is 11.1 Å². The highest BCUT2D eigenvalue weighted by Gasteiger charge is 2.36. The van der Waals surface area contributed by atoms with E-state index >= 15 is 0 Å². The molecule has 1 aliphatic rings. The fraction of sp³-hybridized carbons (Fsp3) is 0.167. The van der Waals surface area contributed by atoms with Gasteiger partial charge in [-0.05, 0) is 120 Å². The van der Waals surface area contributed by atoms with E-state index < -0.39 is 7.92 Å². The van der Waals surface area contributed by atoms with Crippen molar-refractivity contribution in [3.63, 3.8) is 0 Å². The second-order valence-corrected chi connectivity index (χ2v) is 17.0. The monoisotopic (exact) mass is 665 g/mol. The standard InChI is InChI=1S/C48H44NP/c1-33-17-14-19-37-20-15-25-42(46(33)37)41-32-31-38-30-29-36-18-12-13-27-45(36)49(47(38)34(41)2)44-28-16-26-43(35(44)3)48(4,5)50(39-21-8-6-9-22-39)40-23-10-7-11-24-40/h6-28,31-32H,29-30H2,1-5H3. The van der Waals surface area contributed by atoms with Crippen molar-refractivity contribution in [2.75, 3.05) is 4.90 Å². The van der Waals surface area contributed by atoms with E-state index in [0.29, 0.717) is 0 Å². The molecule has 0 N–H and O–H groups in total. The summed E-state index contributed by atoms with van der Waals surface area (Å²) < 4.78 is 0. The molecule has 0 atom stereocenters. The molecule has 246 valence electrons. The van der Waals surface area contributed by atoms with Gasteiger partial charge in [0, 0.05) is 16.5 Å². The summed E-state index contributed by atoms with van der Waals surface area (Å²) in [5.74, 6) is 0. The lowest BCUT2D eigenvalue weighted by Crippen LogP contribution is -2.28. The number of para-hydroxylation sites is 1. The Labute approximate surface area is 299 Å². The molecule has 0 spiro atoms. The second-order valence-electron chi connectivity index (χ2n) is 14.2. The number of fused-ring (bicyclic) bond motifs is 3. The Morgan fingerprint density at radius 3 is 1.82 bits per heavy atom. The molecule has 0 amide bonds. The Morgan fingerprint density at radius 2 is 1.10 bits per heavy atom. The minimum absolute atomic E-state index is 0.135. The van der Waals surface area contributed by atoms with Crippen LogP contribution in [0.25, 0.3) is 21.9 Å². The van der Waals surface area contributed by atoms with Crippen molar-refractivity contribution in [1.82, 2.24) is 0 Å². The van der Waals surface area contributed by atoms with E-state index in [1.165, 1.54) is 83.0 Å². The summed E-state index contributed by atoms with van der Waals surface area (Å²) in [6.45, 7) is 11.9. The smallest absolute Gasteiger partial charge is 0.0529 e. The van der Waals surface area contributed by atoms with E-state index in [1.807, 2.05) is 0 Å². The number of anilines is 3. The minimum atomic E-state index is -0.707. The number of nitrogens with zero attached hydrogens (tertiary/aromatic N) is 1. The second kappa shape index (κ2) is 13.1. The van der Waals surface area contributed by atoms with E-state index in [9.17, 15) is 0 Å². The van der Waals surface area contributed by atoms with Gasteiger partial charge in [-0.3, -0.25) is 0 Å². The first-order valence-corrected chi connectivity index (χ1v) is 19.2. The van der Waals surface area contributed by atoms with Crippen molar-refractivity contribution in [2.24, 2.45) is 0 Å². The summed E-state index contributed by atoms with van der Waals surface area (Å²) in [5, 5.41) is 5.30. The molecule has 0 unspecified atom stereocenters. The fourth-order valence-electron chi connectivity index (χ4n) is 8.49. The minimum Gasteiger partial charge on any atom is -0.309 e. The lowest BCUT2D eigenvalue weighted by molar-refractivity contribution is 0.764. The van der Waals surface area contributed by atoms with Crippen molar-refractivity contribution >= 4 is 46.4 Å². The quantitative estimate of drug-likeness (QED) is 0.160. The first-order valence-electron chi connectivity index (χ1n) is 17.8. The molecule has 0 radical (unpaired) electrons. The van der Waals surface area contributed by atoms with Gasteiger partial charge in [0.1, 0.15) is 0 Å². The lowest BCUT2D eigenvalue weighted by atomic mass is 9.89. The number of hydrogen-bond donors (Lipinski definition) is 0. The zero-order valence-corrected chi connectivity index (χ0v) is 30.6. The zero-order valence-electron chi connectivity index (χ0n) is 29.7. The predicted molar refractivity (Wildman–Crippen MR) is 218 cm³/mol. The molecule has 0 bridgehead atoms. The highest BCUT2D eigenvalue weighted by atomic mass is 31.1. The van der Waals surface area contributed by atoms with Gasteiger partial charge in [-0.1, -0.05) is 153 Å². The number of benzene rings is 7. The molecule has 7 aromatic rings. The largest absolute Gasteiger partial charge is 0.309 e. The van der Waals surface area contributed by atoms with Crippen molar-refractivity contribution in [1.29, 1.82) is 0 Å². The van der Waals surface area contributed by atoms with Crippen molar-refractivity contribution in [2.45, 2.75) is 52.6 Å². The summed E-state index contributed by atoms with van der Waals surface area (Å²) >= 11 is 0. The number of rotatable bonds is 6. The Bertz CT molecular complexity index is 2290. The topological polar surface area (TPSA) is 3.24 Å². The van der Waals surface area contributed by atoms with Crippen LogP contribution in [0.2, 0.25) is 0 Å². The van der Waals surface area contributed by atoms with Gasteiger partial charge in [0.15, 0.2) is 0 Å². The Hall–Kier alpha value is -4.97. The maximum absolute atomic E-state index is 2.61. The summed E-state index contributed by atoms with van der Waals surface area (Å²) in [5.41, 5.74) is 14.7. The van der Waals surface area contributed by atoms with Crippen LogP contribution in [0.5, 0.6) is 0 Å². The van der Waals surface area contributed by atoms with Gasteiger partial charge in [-0.15, -0.1) is 0 Å². The number of hydrogen-bond acceptors (Lipinski definition) is 1. The average Bonchev–Trinajstić information content (AvgIpc) is 3.30. The molecule has 8 rings (SSSR count). The van der Waals surface area contributed by atoms with Gasteiger partial charge < -0.3 is 4.90 Å². The first kappa shape index (κ1) is 32.2. The molecule has 7 aromatic carbocycles. The maximum atomic E-state index is 2.61. The van der Waals surface area contributed by atoms with E-state index in [0.717, 1.165) is 12.8 Å². The van der Waals surface area contributed by atoms with Gasteiger partial charge >= 0.3 is 0 Å². The van der Waals surface area contributed by atoms with Crippen LogP contribution in [0.15, 0.2) is 152 Å². The molecule has 0 saturated heterocycles. The molecule has 1 nitrogen and oxygen atoms in total. The van der Waals surface area contributed by atoms with Crippen LogP contribution in [0, 0.1) is 20.8 Å². The SMILES string of the molecule is Cc1c(N2c3ccccc3CCc3ccc(-c4cccc5cccc(C)c45)c(C)c32)cccc1C(C)(C)P(c1ccccc1)c1ccccc1. The van der Waals surface area contributed by atoms with E-state index in [-0.39, 0.29) is 5.16 Å². The Balaban J connectivity index is 1.36. The van der Waals surface area contributed by atoms with Crippen LogP contribution in [0.4, 0.5) is 17.1 Å². The summed E-state index contributed by atoms with van der Waals surface area (Å²) in [6.07, 6.45) is 2.03. The molecular formula is C48H44NP. The third kappa shape index (κ3) is 5.46. The lowest BCUT2D eigenvalue weighted by Gasteiger charge is -2.39. The summed E-state index contributed by atoms with van der Waals surface area (Å²) in [4.78, 5) is 2.61. The highest BCUT2D eigenvalue weighted by Crippen LogP contribution is 2.56. The van der Waals surface area contributed by atoms with Gasteiger partial charge in [0.2, 0.25) is 0 Å². The molecule has 0 aliphatic carbocycles. The predicted octanol–water partition coefficient (Wildman–Crippen LogP) is 12.4. The van der Waals surface area contributed by atoms with Crippen LogP contribution >= 0.6 is 7.92 Å². The van der Waals surface area contributed by atoms with Gasteiger partial charge in [-0.2, -0.15) is 0 Å². The maximum Gasteiger partial charge on any atom is 0.0529 e. The fourth-order valence-corrected chi connectivity index (χ4v) is 11.5. The summed E-state index contributed by atoms with van der Waals surface area (Å²) in [6, 6.07) is 56.6. The average molecular weight is 666 g/mol. The van der Waals surface area contributed by atoms with Crippen LogP contribution < -0.4 is 15.5 Å². The van der Waals surface area contributed by atoms with E-state index in [1.54, 1.807) is 0 Å². The first-order chi connectivity index (χ1) is 24.3. The molecule has 0 saturated carbocycles. The Morgan fingerprint density at radius 1 is 0.500 bits per heavy atom. The van der Waals surface area contributed by atoms with Crippen LogP contribution in [0.3, 0.4) is 0 Å². The molecular weight excluding hydrogens is 622 g/mol. The normalized spacial score (nSPS) is 12.9. The van der Waals surface area contributed by atoms with Crippen molar-refractivity contribution < 1.29 is 0 Å². The highest BCUT2D eigenvalue weighted by molar-refractivity contribution is 7.74. The molecule has 0 aromatic heterocycles. The molecule has 1 aliphatic heterocycles. The molecule has 0 fully saturated rings. The van der Waals surface area contributed by atoms with Gasteiger partial charge in [-0.25, -0.2) is 0 Å². The van der Waals surface area contributed by atoms with Gasteiger partial charge in [0.25, 0.3) is 0 Å². The molecule has 2 heteroatoms. The van der Waals surface area contributed by atoms with Gasteiger partial charge in [0.05, 0.1) is 5.69 Å². The summed E-state index contributed by atoms with van der Waals surface area (Å²) in [7, 11) is -0.707. The third-order valence-corrected chi connectivity index (χ3v) is 13.8. The van der Waals surface area contributed by atoms with E-state index in [4.69, 9.17) is 0 Å². The third-order valence-electron chi connectivity index (χ3n) is 10.8. The molecule has 1 heterocycles. The van der Waals surface area contributed by atoms with Crippen LogP contribution in [-0.2, 0) is 18.0 Å². The van der Waals surface area contributed by atoms with Crippen LogP contribution in [0.1, 0.15) is 47.2 Å².